The monoisotopic (exact) mass is 909 g/mol. The molecule has 0 aromatic heterocycles. The van der Waals surface area contributed by atoms with Gasteiger partial charge < -0.3 is 0 Å². The Hall–Kier alpha value is 0.220. The zero-order valence-corrected chi connectivity index (χ0v) is 45.3. The lowest BCUT2D eigenvalue weighted by Crippen LogP contribution is -2.29. The van der Waals surface area contributed by atoms with Crippen molar-refractivity contribution in [2.45, 2.75) is 308 Å². The fraction of sp³-hybridized carbons (Fsp3) is 0.889. The highest BCUT2D eigenvalue weighted by atomic mass is 32.2. The van der Waals surface area contributed by atoms with Crippen molar-refractivity contribution >= 4 is 58.6 Å². The Labute approximate surface area is 393 Å². The highest BCUT2D eigenvalue weighted by Gasteiger charge is 2.43. The van der Waals surface area contributed by atoms with E-state index in [1.165, 1.54) is 180 Å². The number of carbonyl (C=O) groups is 2. The molecule has 60 heavy (non-hydrogen) atoms. The Balaban J connectivity index is 3.52. The molecule has 1 rings (SSSR count). The van der Waals surface area contributed by atoms with Crippen molar-refractivity contribution in [2.24, 2.45) is 0 Å². The third-order valence-corrected chi connectivity index (χ3v) is 17.9. The van der Waals surface area contributed by atoms with Gasteiger partial charge in [0.25, 0.3) is 0 Å². The topological polar surface area (TPSA) is 34.1 Å². The molecule has 0 aromatic carbocycles. The van der Waals surface area contributed by atoms with E-state index in [2.05, 4.69) is 83.1 Å². The van der Waals surface area contributed by atoms with Crippen molar-refractivity contribution in [1.82, 2.24) is 0 Å². The van der Waals surface area contributed by atoms with Crippen LogP contribution in [0.1, 0.15) is 289 Å². The van der Waals surface area contributed by atoms with E-state index in [0.29, 0.717) is 0 Å². The molecule has 0 heterocycles. The Morgan fingerprint density at radius 3 is 0.583 bits per heavy atom. The molecular weight excluding hydrogens is 809 g/mol. The van der Waals surface area contributed by atoms with Crippen LogP contribution in [0.3, 0.4) is 0 Å². The third kappa shape index (κ3) is 26.9. The molecule has 352 valence electrons. The van der Waals surface area contributed by atoms with E-state index in [4.69, 9.17) is 0 Å². The van der Waals surface area contributed by atoms with Gasteiger partial charge in [0, 0.05) is 19.0 Å². The van der Waals surface area contributed by atoms with E-state index in [0.717, 1.165) is 45.3 Å². The second-order valence-corrected chi connectivity index (χ2v) is 27.8. The van der Waals surface area contributed by atoms with Crippen LogP contribution in [0.25, 0.3) is 0 Å². The number of ketones is 2. The largest absolute Gasteiger partial charge is 0.287 e. The maximum Gasteiger partial charge on any atom is 0.208 e. The molecular formula is C54H100O2S4. The van der Waals surface area contributed by atoms with Crippen molar-refractivity contribution in [1.29, 1.82) is 0 Å². The van der Waals surface area contributed by atoms with Crippen LogP contribution in [0.5, 0.6) is 0 Å². The van der Waals surface area contributed by atoms with E-state index in [1.807, 2.05) is 0 Å². The summed E-state index contributed by atoms with van der Waals surface area (Å²) in [6.07, 6.45) is 40.2. The molecule has 0 radical (unpaired) electrons. The summed E-state index contributed by atoms with van der Waals surface area (Å²) < 4.78 is -0.527. The van der Waals surface area contributed by atoms with Crippen LogP contribution in [0.2, 0.25) is 0 Å². The van der Waals surface area contributed by atoms with Crippen molar-refractivity contribution in [2.75, 3.05) is 0 Å². The first-order valence-electron chi connectivity index (χ1n) is 25.8. The van der Waals surface area contributed by atoms with E-state index < -0.39 is 0 Å². The summed E-state index contributed by atoms with van der Waals surface area (Å²) >= 11 is 6.93. The Kier molecular flexibility index (Phi) is 31.8. The molecule has 0 spiro atoms. The van der Waals surface area contributed by atoms with Gasteiger partial charge in [-0.3, -0.25) is 9.59 Å². The van der Waals surface area contributed by atoms with Gasteiger partial charge in [0.2, 0.25) is 11.6 Å². The molecule has 0 fully saturated rings. The van der Waals surface area contributed by atoms with Crippen LogP contribution in [-0.4, -0.2) is 30.6 Å². The zero-order chi connectivity index (χ0) is 44.9. The Morgan fingerprint density at radius 1 is 0.267 bits per heavy atom. The van der Waals surface area contributed by atoms with Crippen LogP contribution in [0, 0.1) is 0 Å². The smallest absolute Gasteiger partial charge is 0.208 e. The highest BCUT2D eigenvalue weighted by molar-refractivity contribution is 8.12. The SMILES string of the molecule is CCCCCCCCCC(C)(C)SC1=C(SC(C)(C)CCCCCCCCC)C(=O)C(SC(C)(C)CCCCCCCCC)=C(SC(C)(C)CCCCCCCCC)C1=O. The maximum atomic E-state index is 15.4. The number of hydrogen-bond donors (Lipinski definition) is 0. The van der Waals surface area contributed by atoms with Crippen LogP contribution >= 0.6 is 47.0 Å². The number of rotatable bonds is 40. The lowest BCUT2D eigenvalue weighted by atomic mass is 10.0. The Morgan fingerprint density at radius 2 is 0.417 bits per heavy atom. The normalized spacial score (nSPS) is 14.7. The summed E-state index contributed by atoms with van der Waals surface area (Å²) in [6.45, 7) is 27.7. The first-order chi connectivity index (χ1) is 28.4. The fourth-order valence-electron chi connectivity index (χ4n) is 8.33. The van der Waals surface area contributed by atoms with E-state index in [1.54, 1.807) is 47.0 Å². The number of Topliss-reactive ketones (excluding diaryl/α,β-unsaturated/α-hetero) is 2. The molecule has 0 amide bonds. The first-order valence-corrected chi connectivity index (χ1v) is 29.0. The van der Waals surface area contributed by atoms with Gasteiger partial charge in [0.05, 0.1) is 19.6 Å². The summed E-state index contributed by atoms with van der Waals surface area (Å²) in [5, 5.41) is 0. The summed E-state index contributed by atoms with van der Waals surface area (Å²) in [6, 6.07) is 0. The average molecular weight is 910 g/mol. The van der Waals surface area contributed by atoms with Gasteiger partial charge in [0.1, 0.15) is 0 Å². The second-order valence-electron chi connectivity index (χ2n) is 20.9. The Bertz CT molecular complexity index is 1040. The van der Waals surface area contributed by atoms with E-state index in [9.17, 15) is 0 Å². The molecule has 1 aliphatic rings. The molecule has 0 N–H and O–H groups in total. The summed E-state index contributed by atoms with van der Waals surface area (Å²) in [7, 11) is 0. The number of carbonyl (C=O) groups excluding carboxylic acids is 2. The summed E-state index contributed by atoms with van der Waals surface area (Å²) in [5.41, 5.74) is 0. The quantitative estimate of drug-likeness (QED) is 0.0450. The lowest BCUT2D eigenvalue weighted by Gasteiger charge is -2.35. The fourth-order valence-corrected chi connectivity index (χ4v) is 13.7. The third-order valence-electron chi connectivity index (χ3n) is 12.3. The van der Waals surface area contributed by atoms with Crippen LogP contribution < -0.4 is 0 Å². The summed E-state index contributed by atoms with van der Waals surface area (Å²) in [5.74, 6) is 0.265. The molecule has 1 aliphatic carbocycles. The van der Waals surface area contributed by atoms with Crippen molar-refractivity contribution in [3.63, 3.8) is 0 Å². The molecule has 0 saturated carbocycles. The van der Waals surface area contributed by atoms with Crippen LogP contribution in [-0.2, 0) is 9.59 Å². The number of hydrogen-bond acceptors (Lipinski definition) is 6. The molecule has 0 atom stereocenters. The minimum atomic E-state index is -0.132. The molecule has 0 bridgehead atoms. The zero-order valence-electron chi connectivity index (χ0n) is 42.1. The van der Waals surface area contributed by atoms with E-state index in [-0.39, 0.29) is 30.6 Å². The molecule has 6 heteroatoms. The molecule has 0 unspecified atom stereocenters. The maximum absolute atomic E-state index is 15.4. The van der Waals surface area contributed by atoms with Crippen LogP contribution in [0.4, 0.5) is 0 Å². The van der Waals surface area contributed by atoms with Gasteiger partial charge in [-0.15, -0.1) is 47.0 Å². The van der Waals surface area contributed by atoms with Gasteiger partial charge in [-0.05, 0) is 25.7 Å². The number of thioether (sulfide) groups is 4. The first kappa shape index (κ1) is 58.2. The van der Waals surface area contributed by atoms with E-state index >= 15 is 9.59 Å². The van der Waals surface area contributed by atoms with Gasteiger partial charge >= 0.3 is 0 Å². The minimum Gasteiger partial charge on any atom is -0.287 e. The molecule has 0 saturated heterocycles. The second kappa shape index (κ2) is 32.8. The predicted octanol–water partition coefficient (Wildman–Crippen LogP) is 20.2. The van der Waals surface area contributed by atoms with Gasteiger partial charge in [-0.25, -0.2) is 0 Å². The van der Waals surface area contributed by atoms with Crippen LogP contribution in [0.15, 0.2) is 19.6 Å². The molecule has 0 aliphatic heterocycles. The minimum absolute atomic E-state index is 0.132. The van der Waals surface area contributed by atoms with Gasteiger partial charge in [-0.2, -0.15) is 0 Å². The number of allylic oxidation sites excluding steroid dienone is 4. The standard InChI is InChI=1S/C54H100O2S4/c1-13-17-21-25-29-33-37-41-51(5,6)57-47-45(55)49(59-53(9,10)43-39-35-31-27-23-19-15-3)50(60-54(11,12)44-40-36-32-28-24-20-16-4)46(56)48(47)58-52(7,8)42-38-34-30-26-22-18-14-2/h13-44H2,1-12H3. The van der Waals surface area contributed by atoms with Gasteiger partial charge in [0.15, 0.2) is 0 Å². The van der Waals surface area contributed by atoms with Crippen molar-refractivity contribution < 1.29 is 9.59 Å². The predicted molar refractivity (Wildman–Crippen MR) is 281 cm³/mol. The molecule has 0 aromatic rings. The average Bonchev–Trinajstić information content (AvgIpc) is 3.18. The van der Waals surface area contributed by atoms with Crippen molar-refractivity contribution in [3.05, 3.63) is 19.6 Å². The molecule has 2 nitrogen and oxygen atoms in total. The lowest BCUT2D eigenvalue weighted by molar-refractivity contribution is -0.114. The summed E-state index contributed by atoms with van der Waals surface area (Å²) in [4.78, 5) is 33.8. The highest BCUT2D eigenvalue weighted by Crippen LogP contribution is 2.54. The van der Waals surface area contributed by atoms with Gasteiger partial charge in [-0.1, -0.05) is 263 Å². The van der Waals surface area contributed by atoms with Crippen molar-refractivity contribution in [3.8, 4) is 0 Å². The number of unbranched alkanes of at least 4 members (excludes halogenated alkanes) is 24.